The number of thiophene rings is 1. The van der Waals surface area contributed by atoms with Crippen LogP contribution >= 0.6 is 11.3 Å². The molecule has 30 heavy (non-hydrogen) atoms. The lowest BCUT2D eigenvalue weighted by molar-refractivity contribution is -0.127. The summed E-state index contributed by atoms with van der Waals surface area (Å²) in [6.07, 6.45) is 1.27. The van der Waals surface area contributed by atoms with E-state index in [9.17, 15) is 13.2 Å². The van der Waals surface area contributed by atoms with Crippen LogP contribution < -0.4 is 5.32 Å². The predicted octanol–water partition coefficient (Wildman–Crippen LogP) is 3.19. The van der Waals surface area contributed by atoms with Gasteiger partial charge in [-0.1, -0.05) is 25.9 Å². The van der Waals surface area contributed by atoms with E-state index in [2.05, 4.69) is 15.5 Å². The lowest BCUT2D eigenvalue weighted by Crippen LogP contribution is -2.50. The number of rotatable bonds is 5. The van der Waals surface area contributed by atoms with Crippen LogP contribution in [-0.2, 0) is 25.8 Å². The summed E-state index contributed by atoms with van der Waals surface area (Å²) in [7, 11) is -3.58. The molecular weight excluding hydrogens is 424 g/mol. The second-order valence-corrected chi connectivity index (χ2v) is 12.8. The number of nitrogens with zero attached hydrogens (tertiary/aromatic N) is 3. The maximum atomic E-state index is 13.0. The molecule has 0 aromatic carbocycles. The van der Waals surface area contributed by atoms with Gasteiger partial charge >= 0.3 is 0 Å². The molecule has 0 radical (unpaired) electrons. The number of nitrogens with one attached hydrogen (secondary N) is 1. The molecule has 0 saturated carbocycles. The van der Waals surface area contributed by atoms with Gasteiger partial charge in [0.05, 0.1) is 11.5 Å². The van der Waals surface area contributed by atoms with E-state index in [0.29, 0.717) is 35.3 Å². The van der Waals surface area contributed by atoms with Crippen LogP contribution in [0.15, 0.2) is 20.9 Å². The molecule has 0 bridgehead atoms. The van der Waals surface area contributed by atoms with Crippen LogP contribution in [0.2, 0.25) is 0 Å². The summed E-state index contributed by atoms with van der Waals surface area (Å²) in [5, 5.41) is 7.02. The minimum absolute atomic E-state index is 0.167. The number of carbonyl (C=O) groups is 1. The molecule has 166 valence electrons. The van der Waals surface area contributed by atoms with E-state index in [1.54, 1.807) is 12.1 Å². The maximum absolute atomic E-state index is 13.0. The average Bonchev–Trinajstić information content (AvgIpc) is 3.31. The van der Waals surface area contributed by atoms with Crippen LogP contribution in [0.4, 0.5) is 0 Å². The number of hydrogen-bond donors (Lipinski definition) is 1. The van der Waals surface area contributed by atoms with E-state index in [1.165, 1.54) is 15.6 Å². The van der Waals surface area contributed by atoms with Crippen molar-refractivity contribution < 1.29 is 17.7 Å². The maximum Gasteiger partial charge on any atom is 0.252 e. The Morgan fingerprint density at radius 3 is 2.53 bits per heavy atom. The third-order valence-corrected chi connectivity index (χ3v) is 8.46. The summed E-state index contributed by atoms with van der Waals surface area (Å²) in [5.41, 5.74) is -1.13. The molecule has 1 unspecified atom stereocenters. The zero-order chi connectivity index (χ0) is 22.3. The van der Waals surface area contributed by atoms with Crippen LogP contribution in [0.25, 0.3) is 0 Å². The average molecular weight is 455 g/mol. The standard InChI is InChI=1S/C20H30N4O4S2/c1-13-9-10-15(29-13)30(26,27)24-11-7-8-14(12-24)16(25)22-20(5,6)17-21-18(28-23-17)19(2,3)4/h9-10,14H,7-8,11-12H2,1-6H3,(H,22,25). The Morgan fingerprint density at radius 2 is 1.97 bits per heavy atom. The highest BCUT2D eigenvalue weighted by Crippen LogP contribution is 2.29. The number of aromatic nitrogens is 2. The molecule has 0 spiro atoms. The third kappa shape index (κ3) is 4.76. The molecule has 1 aliphatic heterocycles. The molecule has 3 heterocycles. The number of carbonyl (C=O) groups excluding carboxylic acids is 1. The lowest BCUT2D eigenvalue weighted by Gasteiger charge is -2.33. The van der Waals surface area contributed by atoms with Crippen LogP contribution in [0.1, 0.15) is 64.1 Å². The van der Waals surface area contributed by atoms with E-state index in [4.69, 9.17) is 4.52 Å². The van der Waals surface area contributed by atoms with Crippen molar-refractivity contribution in [2.75, 3.05) is 13.1 Å². The van der Waals surface area contributed by atoms with E-state index in [0.717, 1.165) is 4.88 Å². The molecule has 8 nitrogen and oxygen atoms in total. The van der Waals surface area contributed by atoms with E-state index in [1.807, 2.05) is 41.5 Å². The minimum atomic E-state index is -3.58. The molecule has 10 heteroatoms. The van der Waals surface area contributed by atoms with Crippen molar-refractivity contribution in [2.45, 2.75) is 69.5 Å². The Morgan fingerprint density at radius 1 is 1.27 bits per heavy atom. The summed E-state index contributed by atoms with van der Waals surface area (Å²) in [6.45, 7) is 12.0. The Labute approximate surface area is 182 Å². The molecular formula is C20H30N4O4S2. The van der Waals surface area contributed by atoms with Gasteiger partial charge < -0.3 is 9.84 Å². The van der Waals surface area contributed by atoms with Crippen LogP contribution in [-0.4, -0.2) is 41.9 Å². The summed E-state index contributed by atoms with van der Waals surface area (Å²) in [5.74, 6) is 0.267. The fourth-order valence-electron chi connectivity index (χ4n) is 3.30. The van der Waals surface area contributed by atoms with Gasteiger partial charge in [0.25, 0.3) is 10.0 Å². The Balaban J connectivity index is 1.71. The first kappa shape index (κ1) is 22.9. The van der Waals surface area contributed by atoms with Crippen molar-refractivity contribution in [3.05, 3.63) is 28.7 Å². The van der Waals surface area contributed by atoms with Gasteiger partial charge in [0.2, 0.25) is 11.8 Å². The van der Waals surface area contributed by atoms with Gasteiger partial charge in [-0.25, -0.2) is 8.42 Å². The van der Waals surface area contributed by atoms with Crippen LogP contribution in [0.5, 0.6) is 0 Å². The first-order valence-corrected chi connectivity index (χ1v) is 12.3. The first-order chi connectivity index (χ1) is 13.8. The molecule has 0 aliphatic carbocycles. The largest absolute Gasteiger partial charge is 0.344 e. The highest BCUT2D eigenvalue weighted by Gasteiger charge is 2.37. The van der Waals surface area contributed by atoms with Crippen molar-refractivity contribution in [2.24, 2.45) is 5.92 Å². The molecule has 1 fully saturated rings. The Bertz CT molecular complexity index is 1020. The molecule has 1 N–H and O–H groups in total. The number of aryl methyl sites for hydroxylation is 1. The van der Waals surface area contributed by atoms with Crippen molar-refractivity contribution >= 4 is 27.3 Å². The lowest BCUT2D eigenvalue weighted by atomic mass is 9.95. The number of sulfonamides is 1. The van der Waals surface area contributed by atoms with Crippen molar-refractivity contribution in [3.63, 3.8) is 0 Å². The van der Waals surface area contributed by atoms with Gasteiger partial charge in [0.15, 0.2) is 5.82 Å². The number of hydrogen-bond acceptors (Lipinski definition) is 7. The van der Waals surface area contributed by atoms with Gasteiger partial charge in [-0.2, -0.15) is 9.29 Å². The van der Waals surface area contributed by atoms with Gasteiger partial charge in [-0.05, 0) is 45.7 Å². The fourth-order valence-corrected chi connectivity index (χ4v) is 6.26. The van der Waals surface area contributed by atoms with E-state index < -0.39 is 21.5 Å². The summed E-state index contributed by atoms with van der Waals surface area (Å²) < 4.78 is 33.0. The van der Waals surface area contributed by atoms with Crippen molar-refractivity contribution in [1.82, 2.24) is 19.8 Å². The summed E-state index contributed by atoms with van der Waals surface area (Å²) in [6, 6.07) is 3.43. The Kier molecular flexibility index (Phi) is 6.14. The van der Waals surface area contributed by atoms with E-state index in [-0.39, 0.29) is 17.9 Å². The fraction of sp³-hybridized carbons (Fsp3) is 0.650. The highest BCUT2D eigenvalue weighted by atomic mass is 32.2. The monoisotopic (exact) mass is 454 g/mol. The van der Waals surface area contributed by atoms with Crippen LogP contribution in [0, 0.1) is 12.8 Å². The zero-order valence-corrected chi connectivity index (χ0v) is 20.0. The summed E-state index contributed by atoms with van der Waals surface area (Å²) >= 11 is 1.25. The smallest absolute Gasteiger partial charge is 0.252 e. The second-order valence-electron chi connectivity index (χ2n) is 9.35. The highest BCUT2D eigenvalue weighted by molar-refractivity contribution is 7.91. The van der Waals surface area contributed by atoms with E-state index >= 15 is 0 Å². The van der Waals surface area contributed by atoms with Gasteiger partial charge in [0, 0.05) is 23.4 Å². The van der Waals surface area contributed by atoms with Crippen molar-refractivity contribution in [1.29, 1.82) is 0 Å². The summed E-state index contributed by atoms with van der Waals surface area (Å²) in [4.78, 5) is 18.4. The first-order valence-electron chi connectivity index (χ1n) is 10.0. The molecule has 1 atom stereocenters. The zero-order valence-electron chi connectivity index (χ0n) is 18.4. The van der Waals surface area contributed by atoms with Gasteiger partial charge in [-0.15, -0.1) is 11.3 Å². The molecule has 2 aromatic rings. The van der Waals surface area contributed by atoms with Crippen molar-refractivity contribution in [3.8, 4) is 0 Å². The number of piperidine rings is 1. The number of amides is 1. The molecule has 1 amide bonds. The molecule has 1 aliphatic rings. The normalized spacial score (nSPS) is 19.1. The topological polar surface area (TPSA) is 105 Å². The van der Waals surface area contributed by atoms with Gasteiger partial charge in [0.1, 0.15) is 4.21 Å². The molecule has 2 aromatic heterocycles. The minimum Gasteiger partial charge on any atom is -0.344 e. The third-order valence-electron chi connectivity index (χ3n) is 5.13. The Hall–Kier alpha value is -1.78. The van der Waals surface area contributed by atoms with Gasteiger partial charge in [-0.3, -0.25) is 4.79 Å². The SMILES string of the molecule is Cc1ccc(S(=O)(=O)N2CCCC(C(=O)NC(C)(C)c3noc(C(C)(C)C)n3)C2)s1. The van der Waals surface area contributed by atoms with Crippen LogP contribution in [0.3, 0.4) is 0 Å². The predicted molar refractivity (Wildman–Crippen MR) is 115 cm³/mol. The second kappa shape index (κ2) is 8.05. The quantitative estimate of drug-likeness (QED) is 0.744. The molecule has 3 rings (SSSR count). The molecule has 1 saturated heterocycles.